The molecule has 0 radical (unpaired) electrons. The molecule has 1 rings (SSSR count). The van der Waals surface area contributed by atoms with E-state index < -0.39 is 0 Å². The highest BCUT2D eigenvalue weighted by Crippen LogP contribution is 2.45. The molecule has 0 bridgehead atoms. The summed E-state index contributed by atoms with van der Waals surface area (Å²) in [5.74, 6) is 0.194. The minimum Gasteiger partial charge on any atom is -0.295 e. The smallest absolute Gasteiger partial charge is 0.156 e. The Hall–Kier alpha value is -0.240. The molecule has 0 atom stereocenters. The van der Waals surface area contributed by atoms with Gasteiger partial charge < -0.3 is 0 Å². The molecule has 0 unspecified atom stereocenters. The lowest BCUT2D eigenvalue weighted by atomic mass is 9.80. The minimum atomic E-state index is 0.194. The van der Waals surface area contributed by atoms with Crippen LogP contribution in [0.25, 0.3) is 0 Å². The molecule has 0 spiro atoms. The maximum atomic E-state index is 11.0. The molecule has 0 aliphatic heterocycles. The van der Waals surface area contributed by atoms with Gasteiger partial charge in [0.15, 0.2) is 5.78 Å². The molecule has 62 valence electrons. The summed E-state index contributed by atoms with van der Waals surface area (Å²) in [5, 5.41) is 0. The van der Waals surface area contributed by atoms with Crippen LogP contribution in [-0.4, -0.2) is 16.8 Å². The van der Waals surface area contributed by atoms with Gasteiger partial charge in [-0.05, 0) is 25.2 Å². The van der Waals surface area contributed by atoms with E-state index in [0.29, 0.717) is 6.42 Å². The van der Waals surface area contributed by atoms with E-state index in [2.05, 4.69) is 12.8 Å². The first-order valence-electron chi connectivity index (χ1n) is 3.93. The number of hydrogen-bond donors (Lipinski definition) is 0. The van der Waals surface area contributed by atoms with Crippen molar-refractivity contribution >= 4 is 17.5 Å². The number of allylic oxidation sites excluding steroid dienone is 1. The predicted molar refractivity (Wildman–Crippen MR) is 49.9 cm³/mol. The van der Waals surface area contributed by atoms with Gasteiger partial charge >= 0.3 is 0 Å². The summed E-state index contributed by atoms with van der Waals surface area (Å²) in [5.41, 5.74) is 0. The first kappa shape index (κ1) is 8.85. The molecule has 0 amide bonds. The third-order valence-electron chi connectivity index (χ3n) is 2.42. The number of thioether (sulfide) groups is 1. The molecule has 1 nitrogen and oxygen atoms in total. The predicted octanol–water partition coefficient (Wildman–Crippen LogP) is 2.42. The fourth-order valence-electron chi connectivity index (χ4n) is 1.41. The zero-order valence-corrected chi connectivity index (χ0v) is 7.75. The normalized spacial score (nSPS) is 20.5. The van der Waals surface area contributed by atoms with E-state index in [1.54, 1.807) is 0 Å². The molecule has 1 fully saturated rings. The molecule has 1 saturated carbocycles. The summed E-state index contributed by atoms with van der Waals surface area (Å²) in [4.78, 5) is 11.0. The highest BCUT2D eigenvalue weighted by Gasteiger charge is 2.37. The Labute approximate surface area is 72.2 Å². The number of hydrogen-bond acceptors (Lipinski definition) is 2. The van der Waals surface area contributed by atoms with Crippen LogP contribution < -0.4 is 0 Å². The average molecular weight is 170 g/mol. The number of carbonyl (C=O) groups excluding carboxylic acids is 1. The zero-order chi connectivity index (χ0) is 8.32. The van der Waals surface area contributed by atoms with E-state index in [9.17, 15) is 4.79 Å². The molecule has 2 heteroatoms. The van der Waals surface area contributed by atoms with Crippen molar-refractivity contribution in [1.82, 2.24) is 0 Å². The second-order valence-corrected chi connectivity index (χ2v) is 4.36. The quantitative estimate of drug-likeness (QED) is 0.603. The molecule has 1 aliphatic carbocycles. The van der Waals surface area contributed by atoms with E-state index in [1.807, 2.05) is 11.8 Å². The fourth-order valence-corrected chi connectivity index (χ4v) is 2.40. The van der Waals surface area contributed by atoms with Crippen molar-refractivity contribution in [2.75, 3.05) is 6.26 Å². The zero-order valence-electron chi connectivity index (χ0n) is 6.93. The van der Waals surface area contributed by atoms with Gasteiger partial charge in [0.1, 0.15) is 0 Å². The van der Waals surface area contributed by atoms with Gasteiger partial charge in [0.2, 0.25) is 0 Å². The van der Waals surface area contributed by atoms with Crippen molar-refractivity contribution in [2.45, 2.75) is 30.4 Å². The van der Waals surface area contributed by atoms with Crippen molar-refractivity contribution in [3.8, 4) is 0 Å². The van der Waals surface area contributed by atoms with Crippen LogP contribution in [0.2, 0.25) is 0 Å². The Bertz CT molecular complexity index is 165. The SMILES string of the molecule is C=CC(=O)CC1(SC)CCC1. The molecular weight excluding hydrogens is 156 g/mol. The third kappa shape index (κ3) is 1.86. The lowest BCUT2D eigenvalue weighted by Gasteiger charge is -2.39. The lowest BCUT2D eigenvalue weighted by Crippen LogP contribution is -2.35. The summed E-state index contributed by atoms with van der Waals surface area (Å²) in [6, 6.07) is 0. The van der Waals surface area contributed by atoms with Crippen LogP contribution in [0, 0.1) is 0 Å². The molecule has 0 aromatic rings. The Morgan fingerprint density at radius 2 is 2.36 bits per heavy atom. The number of rotatable bonds is 4. The second-order valence-electron chi connectivity index (χ2n) is 3.09. The fraction of sp³-hybridized carbons (Fsp3) is 0.667. The van der Waals surface area contributed by atoms with Gasteiger partial charge in [0.05, 0.1) is 0 Å². The first-order chi connectivity index (χ1) is 5.22. The van der Waals surface area contributed by atoms with E-state index >= 15 is 0 Å². The van der Waals surface area contributed by atoms with Crippen LogP contribution in [0.4, 0.5) is 0 Å². The monoisotopic (exact) mass is 170 g/mol. The highest BCUT2D eigenvalue weighted by molar-refractivity contribution is 8.00. The van der Waals surface area contributed by atoms with Crippen molar-refractivity contribution in [3.63, 3.8) is 0 Å². The Morgan fingerprint density at radius 3 is 2.64 bits per heavy atom. The van der Waals surface area contributed by atoms with E-state index in [-0.39, 0.29) is 10.5 Å². The van der Waals surface area contributed by atoms with Crippen LogP contribution in [0.1, 0.15) is 25.7 Å². The van der Waals surface area contributed by atoms with Crippen LogP contribution in [0.15, 0.2) is 12.7 Å². The maximum absolute atomic E-state index is 11.0. The second kappa shape index (κ2) is 3.44. The lowest BCUT2D eigenvalue weighted by molar-refractivity contribution is -0.115. The van der Waals surface area contributed by atoms with Gasteiger partial charge in [-0.2, -0.15) is 11.8 Å². The molecule has 0 saturated heterocycles. The Balaban J connectivity index is 2.44. The Kier molecular flexibility index (Phi) is 2.77. The van der Waals surface area contributed by atoms with Crippen LogP contribution in [0.5, 0.6) is 0 Å². The van der Waals surface area contributed by atoms with Gasteiger partial charge in [-0.25, -0.2) is 0 Å². The Morgan fingerprint density at radius 1 is 1.73 bits per heavy atom. The topological polar surface area (TPSA) is 17.1 Å². The van der Waals surface area contributed by atoms with Crippen LogP contribution in [-0.2, 0) is 4.79 Å². The van der Waals surface area contributed by atoms with Gasteiger partial charge in [0.25, 0.3) is 0 Å². The first-order valence-corrected chi connectivity index (χ1v) is 5.15. The van der Waals surface area contributed by atoms with Gasteiger partial charge in [-0.3, -0.25) is 4.79 Å². The number of carbonyl (C=O) groups is 1. The maximum Gasteiger partial charge on any atom is 0.156 e. The molecular formula is C9H14OS. The molecule has 0 aromatic carbocycles. The van der Waals surface area contributed by atoms with Gasteiger partial charge in [-0.1, -0.05) is 13.0 Å². The average Bonchev–Trinajstić information content (AvgIpc) is 1.96. The van der Waals surface area contributed by atoms with Crippen LogP contribution in [0.3, 0.4) is 0 Å². The standard InChI is InChI=1S/C9H14OS/c1-3-8(10)7-9(11-2)5-4-6-9/h3H,1,4-7H2,2H3. The summed E-state index contributed by atoms with van der Waals surface area (Å²) >= 11 is 1.83. The van der Waals surface area contributed by atoms with E-state index in [1.165, 1.54) is 25.3 Å². The summed E-state index contributed by atoms with van der Waals surface area (Å²) < 4.78 is 0.283. The molecule has 0 N–H and O–H groups in total. The minimum absolute atomic E-state index is 0.194. The summed E-state index contributed by atoms with van der Waals surface area (Å²) in [6.07, 6.45) is 7.91. The molecule has 0 heterocycles. The number of ketones is 1. The van der Waals surface area contributed by atoms with Crippen LogP contribution >= 0.6 is 11.8 Å². The van der Waals surface area contributed by atoms with Crippen molar-refractivity contribution < 1.29 is 4.79 Å². The van der Waals surface area contributed by atoms with E-state index in [0.717, 1.165) is 0 Å². The third-order valence-corrected chi connectivity index (χ3v) is 3.84. The van der Waals surface area contributed by atoms with E-state index in [4.69, 9.17) is 0 Å². The highest BCUT2D eigenvalue weighted by atomic mass is 32.2. The van der Waals surface area contributed by atoms with Crippen molar-refractivity contribution in [1.29, 1.82) is 0 Å². The van der Waals surface area contributed by atoms with Crippen molar-refractivity contribution in [3.05, 3.63) is 12.7 Å². The van der Waals surface area contributed by atoms with Gasteiger partial charge in [0, 0.05) is 11.2 Å². The molecule has 11 heavy (non-hydrogen) atoms. The molecule has 0 aromatic heterocycles. The molecule has 1 aliphatic rings. The summed E-state index contributed by atoms with van der Waals surface area (Å²) in [7, 11) is 0. The van der Waals surface area contributed by atoms with Crippen molar-refractivity contribution in [2.24, 2.45) is 0 Å². The largest absolute Gasteiger partial charge is 0.295 e. The summed E-state index contributed by atoms with van der Waals surface area (Å²) in [6.45, 7) is 3.48. The van der Waals surface area contributed by atoms with Gasteiger partial charge in [-0.15, -0.1) is 0 Å².